The molecule has 0 saturated heterocycles. The second-order valence-electron chi connectivity index (χ2n) is 6.15. The molecule has 0 fully saturated rings. The van der Waals surface area contributed by atoms with Crippen LogP contribution in [0.5, 0.6) is 0 Å². The van der Waals surface area contributed by atoms with Gasteiger partial charge in [-0.25, -0.2) is 0 Å². The van der Waals surface area contributed by atoms with Crippen LogP contribution in [-0.4, -0.2) is 26.4 Å². The minimum absolute atomic E-state index is 0.478. The summed E-state index contributed by atoms with van der Waals surface area (Å²) in [4.78, 5) is 11.3. The van der Waals surface area contributed by atoms with Gasteiger partial charge in [-0.2, -0.15) is 0 Å². The van der Waals surface area contributed by atoms with Crippen LogP contribution in [0.4, 0.5) is 0 Å². The number of hydrogen-bond donors (Lipinski definition) is 0. The fourth-order valence-corrected chi connectivity index (χ4v) is 2.89. The van der Waals surface area contributed by atoms with E-state index in [1.165, 1.54) is 10.8 Å². The van der Waals surface area contributed by atoms with Gasteiger partial charge in [0.25, 0.3) is 0 Å². The largest absolute Gasteiger partial charge is 0.374 e. The molecule has 5 nitrogen and oxygen atoms in total. The summed E-state index contributed by atoms with van der Waals surface area (Å²) in [5.74, 6) is 0. The molecular weight excluding hydrogens is 340 g/mol. The van der Waals surface area contributed by atoms with Crippen LogP contribution in [0.15, 0.2) is 85.5 Å². The quantitative estimate of drug-likeness (QED) is 0.356. The van der Waals surface area contributed by atoms with E-state index in [2.05, 4.69) is 24.3 Å². The molecule has 0 bridgehead atoms. The van der Waals surface area contributed by atoms with Crippen molar-refractivity contribution in [2.75, 3.05) is 26.4 Å². The number of pyridine rings is 2. The number of rotatable bonds is 8. The number of hydrogen-bond acceptors (Lipinski definition) is 3. The Morgan fingerprint density at radius 1 is 0.519 bits per heavy atom. The van der Waals surface area contributed by atoms with E-state index < -0.39 is 0 Å². The first-order valence-electron chi connectivity index (χ1n) is 9.03. The van der Waals surface area contributed by atoms with Crippen molar-refractivity contribution in [3.63, 3.8) is 0 Å². The van der Waals surface area contributed by atoms with Crippen molar-refractivity contribution in [2.45, 2.75) is 0 Å². The van der Waals surface area contributed by atoms with Gasteiger partial charge in [0.15, 0.2) is 13.2 Å². The molecule has 0 aliphatic heterocycles. The summed E-state index contributed by atoms with van der Waals surface area (Å²) in [6.45, 7) is 1.97. The van der Waals surface area contributed by atoms with E-state index in [9.17, 15) is 0 Å². The maximum absolute atomic E-state index is 5.67. The van der Waals surface area contributed by atoms with Crippen LogP contribution in [-0.2, 0) is 4.74 Å². The van der Waals surface area contributed by atoms with Gasteiger partial charge in [-0.1, -0.05) is 36.4 Å². The lowest BCUT2D eigenvalue weighted by atomic mass is 10.2. The van der Waals surface area contributed by atoms with E-state index in [0.717, 1.165) is 10.8 Å². The summed E-state index contributed by atoms with van der Waals surface area (Å²) >= 11 is 0. The first-order valence-corrected chi connectivity index (χ1v) is 9.03. The van der Waals surface area contributed by atoms with E-state index in [-0.39, 0.29) is 0 Å². The Balaban J connectivity index is 1.16. The highest BCUT2D eigenvalue weighted by Gasteiger charge is 2.05. The van der Waals surface area contributed by atoms with Crippen LogP contribution in [0.3, 0.4) is 0 Å². The maximum atomic E-state index is 5.67. The number of fused-ring (bicyclic) bond motifs is 2. The minimum atomic E-state index is 0.478. The summed E-state index contributed by atoms with van der Waals surface area (Å²) in [6.07, 6.45) is 7.74. The van der Waals surface area contributed by atoms with E-state index in [1.54, 1.807) is 9.46 Å². The molecule has 0 amide bonds. The molecule has 0 aliphatic rings. The highest BCUT2D eigenvalue weighted by atomic mass is 16.7. The lowest BCUT2D eigenvalue weighted by Gasteiger charge is -2.03. The van der Waals surface area contributed by atoms with Crippen molar-refractivity contribution >= 4 is 21.5 Å². The van der Waals surface area contributed by atoms with E-state index in [0.29, 0.717) is 26.4 Å². The maximum Gasteiger partial charge on any atom is 0.230 e. The predicted octanol–water partition coefficient (Wildman–Crippen LogP) is 2.14. The lowest BCUT2D eigenvalue weighted by Crippen LogP contribution is -2.44. The van der Waals surface area contributed by atoms with Crippen molar-refractivity contribution in [1.29, 1.82) is 0 Å². The Morgan fingerprint density at radius 3 is 1.44 bits per heavy atom. The molecule has 5 heteroatoms. The molecule has 4 aromatic rings. The van der Waals surface area contributed by atoms with Crippen LogP contribution in [0.25, 0.3) is 21.5 Å². The standard InChI is InChI=1S/C22H22N2O3/c1-3-7-21-17-23(11-9-19(21)5-1)26-15-13-25-14-16-27-24-12-10-20-6-2-4-8-22(20)18-24/h1-12,17-18H,13-16H2/q+2. The average Bonchev–Trinajstić information content (AvgIpc) is 2.73. The Kier molecular flexibility index (Phi) is 5.41. The summed E-state index contributed by atoms with van der Waals surface area (Å²) in [7, 11) is 0. The van der Waals surface area contributed by atoms with Crippen LogP contribution in [0.2, 0.25) is 0 Å². The molecule has 0 atom stereocenters. The third-order valence-electron chi connectivity index (χ3n) is 4.26. The molecule has 2 aromatic carbocycles. The van der Waals surface area contributed by atoms with Gasteiger partial charge >= 0.3 is 0 Å². The van der Waals surface area contributed by atoms with Gasteiger partial charge < -0.3 is 4.74 Å². The SMILES string of the molecule is c1ccc2c[n+](OCCOCCO[n+]3ccc4ccccc4c3)ccc2c1. The summed E-state index contributed by atoms with van der Waals surface area (Å²) in [5, 5.41) is 4.66. The molecule has 0 spiro atoms. The highest BCUT2D eigenvalue weighted by Crippen LogP contribution is 2.09. The smallest absolute Gasteiger partial charge is 0.230 e. The minimum Gasteiger partial charge on any atom is -0.374 e. The Hall–Kier alpha value is -3.18. The predicted molar refractivity (Wildman–Crippen MR) is 102 cm³/mol. The third-order valence-corrected chi connectivity index (χ3v) is 4.26. The molecule has 0 unspecified atom stereocenters. The third kappa shape index (κ3) is 4.51. The molecule has 2 heterocycles. The number of aromatic nitrogens is 2. The van der Waals surface area contributed by atoms with Crippen molar-refractivity contribution < 1.29 is 23.9 Å². The Labute approximate surface area is 157 Å². The average molecular weight is 362 g/mol. The van der Waals surface area contributed by atoms with Gasteiger partial charge in [0.05, 0.1) is 24.0 Å². The summed E-state index contributed by atoms with van der Waals surface area (Å²) in [5.41, 5.74) is 0. The summed E-state index contributed by atoms with van der Waals surface area (Å²) in [6, 6.07) is 20.4. The van der Waals surface area contributed by atoms with Gasteiger partial charge in [-0.05, 0) is 22.9 Å². The van der Waals surface area contributed by atoms with Crippen molar-refractivity contribution in [2.24, 2.45) is 0 Å². The topological polar surface area (TPSA) is 35.5 Å². The molecule has 136 valence electrons. The second-order valence-corrected chi connectivity index (χ2v) is 6.15. The first-order chi connectivity index (χ1) is 13.4. The Morgan fingerprint density at radius 2 is 0.963 bits per heavy atom. The van der Waals surface area contributed by atoms with Gasteiger partial charge in [0.2, 0.25) is 24.8 Å². The van der Waals surface area contributed by atoms with Gasteiger partial charge in [0.1, 0.15) is 0 Å². The van der Waals surface area contributed by atoms with Crippen molar-refractivity contribution in [3.05, 3.63) is 85.5 Å². The number of nitrogens with zero attached hydrogens (tertiary/aromatic N) is 2. The summed E-state index contributed by atoms with van der Waals surface area (Å²) < 4.78 is 9.01. The molecule has 2 aromatic heterocycles. The molecular formula is C22H22N2O3+2. The van der Waals surface area contributed by atoms with E-state index in [4.69, 9.17) is 14.4 Å². The zero-order valence-corrected chi connectivity index (χ0v) is 15.0. The van der Waals surface area contributed by atoms with Crippen molar-refractivity contribution in [1.82, 2.24) is 0 Å². The normalized spacial score (nSPS) is 11.0. The zero-order chi connectivity index (χ0) is 18.3. The van der Waals surface area contributed by atoms with Crippen LogP contribution in [0, 0.1) is 0 Å². The van der Waals surface area contributed by atoms with Crippen LogP contribution in [0.1, 0.15) is 0 Å². The molecule has 27 heavy (non-hydrogen) atoms. The van der Waals surface area contributed by atoms with E-state index in [1.807, 2.05) is 61.2 Å². The number of ether oxygens (including phenoxy) is 1. The first kappa shape index (κ1) is 17.2. The van der Waals surface area contributed by atoms with E-state index >= 15 is 0 Å². The monoisotopic (exact) mass is 362 g/mol. The van der Waals surface area contributed by atoms with Gasteiger partial charge in [-0.15, -0.1) is 0 Å². The second kappa shape index (κ2) is 8.47. The molecule has 0 radical (unpaired) electrons. The molecule has 0 saturated carbocycles. The van der Waals surface area contributed by atoms with Crippen molar-refractivity contribution in [3.8, 4) is 0 Å². The molecule has 0 aliphatic carbocycles. The number of benzene rings is 2. The fourth-order valence-electron chi connectivity index (χ4n) is 2.89. The van der Waals surface area contributed by atoms with Crippen LogP contribution < -0.4 is 19.1 Å². The van der Waals surface area contributed by atoms with Gasteiger partial charge in [0, 0.05) is 21.6 Å². The van der Waals surface area contributed by atoms with Gasteiger partial charge in [-0.3, -0.25) is 9.68 Å². The highest BCUT2D eigenvalue weighted by molar-refractivity contribution is 5.80. The van der Waals surface area contributed by atoms with Crippen LogP contribution >= 0.6 is 0 Å². The molecule has 4 rings (SSSR count). The Bertz CT molecular complexity index is 953. The molecule has 0 N–H and O–H groups in total. The fraction of sp³-hybridized carbons (Fsp3) is 0.182. The zero-order valence-electron chi connectivity index (χ0n) is 15.0. The lowest BCUT2D eigenvalue weighted by molar-refractivity contribution is -0.891.